The number of esters is 1. The van der Waals surface area contributed by atoms with E-state index in [1.807, 2.05) is 30.3 Å². The van der Waals surface area contributed by atoms with E-state index in [1.165, 1.54) is 7.11 Å². The molecule has 0 unspecified atom stereocenters. The summed E-state index contributed by atoms with van der Waals surface area (Å²) in [6.07, 6.45) is 0. The summed E-state index contributed by atoms with van der Waals surface area (Å²) in [7, 11) is 1.23. The first kappa shape index (κ1) is 12.8. The van der Waals surface area contributed by atoms with Crippen molar-refractivity contribution in [2.45, 2.75) is 0 Å². The summed E-state index contributed by atoms with van der Waals surface area (Å²) in [6.45, 7) is 3.45. The zero-order valence-corrected chi connectivity index (χ0v) is 10.5. The van der Waals surface area contributed by atoms with Crippen molar-refractivity contribution in [3.8, 4) is 0 Å². The smallest absolute Gasteiger partial charge is 0.353 e. The monoisotopic (exact) mass is 255 g/mol. The zero-order chi connectivity index (χ0) is 13.8. The first-order chi connectivity index (χ1) is 9.11. The summed E-state index contributed by atoms with van der Waals surface area (Å²) < 4.78 is 4.47. The highest BCUT2D eigenvalue weighted by Crippen LogP contribution is 2.15. The molecular weight excluding hydrogens is 242 g/mol. The summed E-state index contributed by atoms with van der Waals surface area (Å²) in [5.74, 6) is -1.05. The quantitative estimate of drug-likeness (QED) is 0.676. The lowest BCUT2D eigenvalue weighted by molar-refractivity contribution is -0.136. The fourth-order valence-electron chi connectivity index (χ4n) is 1.71. The fraction of sp³-hybridized carbons (Fsp3) is 0.0667. The van der Waals surface area contributed by atoms with Crippen molar-refractivity contribution in [1.29, 1.82) is 0 Å². The van der Waals surface area contributed by atoms with E-state index in [2.05, 4.69) is 16.6 Å². The Bertz CT molecular complexity index is 661. The van der Waals surface area contributed by atoms with Gasteiger partial charge in [-0.2, -0.15) is 0 Å². The van der Waals surface area contributed by atoms with E-state index < -0.39 is 5.97 Å². The van der Waals surface area contributed by atoms with Gasteiger partial charge in [0.2, 0.25) is 0 Å². The highest BCUT2D eigenvalue weighted by atomic mass is 16.5. The van der Waals surface area contributed by atoms with Crippen LogP contribution in [0.2, 0.25) is 0 Å². The average molecular weight is 255 g/mol. The van der Waals surface area contributed by atoms with Gasteiger partial charge in [0.15, 0.2) is 0 Å². The number of carbonyl (C=O) groups is 2. The minimum Gasteiger partial charge on any atom is -0.464 e. The molecule has 2 aromatic rings. The molecule has 4 nitrogen and oxygen atoms in total. The van der Waals surface area contributed by atoms with Crippen LogP contribution >= 0.6 is 0 Å². The third-order valence-corrected chi connectivity index (χ3v) is 2.71. The van der Waals surface area contributed by atoms with Crippen LogP contribution in [0.5, 0.6) is 0 Å². The van der Waals surface area contributed by atoms with Crippen molar-refractivity contribution in [1.82, 2.24) is 5.32 Å². The predicted octanol–water partition coefficient (Wildman–Crippen LogP) is 2.26. The largest absolute Gasteiger partial charge is 0.464 e. The Morgan fingerprint density at radius 3 is 2.47 bits per heavy atom. The maximum atomic E-state index is 11.9. The van der Waals surface area contributed by atoms with Crippen LogP contribution in [0.15, 0.2) is 54.7 Å². The molecule has 1 N–H and O–H groups in total. The Morgan fingerprint density at radius 1 is 1.11 bits per heavy atom. The third-order valence-electron chi connectivity index (χ3n) is 2.71. The standard InChI is InChI=1S/C15H13NO3/c1-10(15(18)19-2)16-14(17)13-8-7-11-5-3-4-6-12(11)9-13/h3-9H,1H2,2H3,(H,16,17). The van der Waals surface area contributed by atoms with Crippen molar-refractivity contribution >= 4 is 22.6 Å². The van der Waals surface area contributed by atoms with Gasteiger partial charge in [0.05, 0.1) is 7.11 Å². The number of methoxy groups -OCH3 is 1. The minimum absolute atomic E-state index is 0.0827. The number of nitrogens with one attached hydrogen (secondary N) is 1. The van der Waals surface area contributed by atoms with Gasteiger partial charge in [-0.1, -0.05) is 36.9 Å². The van der Waals surface area contributed by atoms with Gasteiger partial charge >= 0.3 is 5.97 Å². The van der Waals surface area contributed by atoms with Crippen molar-refractivity contribution in [3.63, 3.8) is 0 Å². The summed E-state index contributed by atoms with van der Waals surface area (Å²) in [4.78, 5) is 23.1. The van der Waals surface area contributed by atoms with Crippen LogP contribution in [0.25, 0.3) is 10.8 Å². The van der Waals surface area contributed by atoms with Crippen LogP contribution in [0.4, 0.5) is 0 Å². The summed E-state index contributed by atoms with van der Waals surface area (Å²) in [5.41, 5.74) is 0.379. The van der Waals surface area contributed by atoms with Crippen molar-refractivity contribution in [3.05, 3.63) is 60.3 Å². The second kappa shape index (κ2) is 5.35. The van der Waals surface area contributed by atoms with Crippen LogP contribution in [0.1, 0.15) is 10.4 Å². The number of hydrogen-bond acceptors (Lipinski definition) is 3. The molecule has 0 aliphatic carbocycles. The number of hydrogen-bond donors (Lipinski definition) is 1. The van der Waals surface area contributed by atoms with Crippen LogP contribution in [0, 0.1) is 0 Å². The lowest BCUT2D eigenvalue weighted by Gasteiger charge is -2.07. The summed E-state index contributed by atoms with van der Waals surface area (Å²) in [5, 5.41) is 4.41. The molecule has 0 aliphatic heterocycles. The second-order valence-electron chi connectivity index (χ2n) is 3.99. The Balaban J connectivity index is 2.22. The molecule has 2 aromatic carbocycles. The molecule has 0 fully saturated rings. The maximum Gasteiger partial charge on any atom is 0.353 e. The number of fused-ring (bicyclic) bond motifs is 1. The lowest BCUT2D eigenvalue weighted by Crippen LogP contribution is -2.27. The molecule has 19 heavy (non-hydrogen) atoms. The van der Waals surface area contributed by atoms with Crippen LogP contribution in [0.3, 0.4) is 0 Å². The Morgan fingerprint density at radius 2 is 1.79 bits per heavy atom. The maximum absolute atomic E-state index is 11.9. The van der Waals surface area contributed by atoms with E-state index in [0.717, 1.165) is 10.8 Å². The van der Waals surface area contributed by atoms with E-state index in [-0.39, 0.29) is 11.6 Å². The zero-order valence-electron chi connectivity index (χ0n) is 10.5. The fourth-order valence-corrected chi connectivity index (χ4v) is 1.71. The second-order valence-corrected chi connectivity index (χ2v) is 3.99. The molecule has 96 valence electrons. The Kier molecular flexibility index (Phi) is 3.61. The number of rotatable bonds is 3. The normalized spacial score (nSPS) is 9.95. The lowest BCUT2D eigenvalue weighted by atomic mass is 10.1. The van der Waals surface area contributed by atoms with Crippen LogP contribution < -0.4 is 5.32 Å². The number of carbonyl (C=O) groups excluding carboxylic acids is 2. The molecule has 0 saturated heterocycles. The predicted molar refractivity (Wildman–Crippen MR) is 72.6 cm³/mol. The van der Waals surface area contributed by atoms with Gasteiger partial charge in [0, 0.05) is 5.56 Å². The molecule has 0 atom stereocenters. The Labute approximate surface area is 110 Å². The third kappa shape index (κ3) is 2.80. The molecule has 0 radical (unpaired) electrons. The topological polar surface area (TPSA) is 55.4 Å². The average Bonchev–Trinajstić information content (AvgIpc) is 2.45. The van der Waals surface area contributed by atoms with Crippen LogP contribution in [-0.4, -0.2) is 19.0 Å². The van der Waals surface area contributed by atoms with E-state index in [4.69, 9.17) is 0 Å². The van der Waals surface area contributed by atoms with E-state index >= 15 is 0 Å². The van der Waals surface area contributed by atoms with Gasteiger partial charge in [-0.3, -0.25) is 4.79 Å². The minimum atomic E-state index is -0.658. The molecule has 2 rings (SSSR count). The number of benzene rings is 2. The highest BCUT2D eigenvalue weighted by Gasteiger charge is 2.12. The molecular formula is C15H13NO3. The van der Waals surface area contributed by atoms with Gasteiger partial charge < -0.3 is 10.1 Å². The van der Waals surface area contributed by atoms with Crippen molar-refractivity contribution < 1.29 is 14.3 Å². The van der Waals surface area contributed by atoms with Gasteiger partial charge in [-0.25, -0.2) is 4.79 Å². The first-order valence-electron chi connectivity index (χ1n) is 5.69. The van der Waals surface area contributed by atoms with Gasteiger partial charge in [-0.15, -0.1) is 0 Å². The molecule has 0 bridgehead atoms. The molecule has 0 aromatic heterocycles. The molecule has 0 aliphatic rings. The van der Waals surface area contributed by atoms with Gasteiger partial charge in [0.1, 0.15) is 5.70 Å². The van der Waals surface area contributed by atoms with Crippen molar-refractivity contribution in [2.24, 2.45) is 0 Å². The van der Waals surface area contributed by atoms with E-state index in [0.29, 0.717) is 5.56 Å². The summed E-state index contributed by atoms with van der Waals surface area (Å²) in [6, 6.07) is 13.0. The number of amides is 1. The SMILES string of the molecule is C=C(NC(=O)c1ccc2ccccc2c1)C(=O)OC. The highest BCUT2D eigenvalue weighted by molar-refractivity contribution is 6.02. The van der Waals surface area contributed by atoms with E-state index in [9.17, 15) is 9.59 Å². The van der Waals surface area contributed by atoms with Crippen LogP contribution in [-0.2, 0) is 9.53 Å². The Hall–Kier alpha value is -2.62. The molecule has 1 amide bonds. The molecule has 0 heterocycles. The summed E-state index contributed by atoms with van der Waals surface area (Å²) >= 11 is 0. The molecule has 0 spiro atoms. The van der Waals surface area contributed by atoms with Gasteiger partial charge in [-0.05, 0) is 22.9 Å². The molecule has 4 heteroatoms. The molecule has 0 saturated carbocycles. The number of ether oxygens (including phenoxy) is 1. The van der Waals surface area contributed by atoms with Crippen molar-refractivity contribution in [2.75, 3.05) is 7.11 Å². The van der Waals surface area contributed by atoms with Gasteiger partial charge in [0.25, 0.3) is 5.91 Å². The first-order valence-corrected chi connectivity index (χ1v) is 5.69. The van der Waals surface area contributed by atoms with E-state index in [1.54, 1.807) is 12.1 Å².